The summed E-state index contributed by atoms with van der Waals surface area (Å²) in [6.45, 7) is 0. The fourth-order valence-electron chi connectivity index (χ4n) is 2.82. The van der Waals surface area contributed by atoms with E-state index in [4.69, 9.17) is 10.5 Å². The molecule has 0 amide bonds. The fourth-order valence-corrected chi connectivity index (χ4v) is 2.82. The van der Waals surface area contributed by atoms with Crippen molar-refractivity contribution in [2.24, 2.45) is 23.7 Å². The number of fused-ring (bicyclic) bond motifs is 3. The van der Waals surface area contributed by atoms with Gasteiger partial charge in [-0.2, -0.15) is 10.5 Å². The zero-order valence-electron chi connectivity index (χ0n) is 7.03. The van der Waals surface area contributed by atoms with E-state index in [1.165, 1.54) is 25.7 Å². The van der Waals surface area contributed by atoms with Gasteiger partial charge in [-0.05, 0) is 37.5 Å². The molecule has 3 aliphatic carbocycles. The molecule has 12 heavy (non-hydrogen) atoms. The van der Waals surface area contributed by atoms with E-state index in [-0.39, 0.29) is 11.8 Å². The molecule has 62 valence electrons. The van der Waals surface area contributed by atoms with Crippen molar-refractivity contribution in [3.63, 3.8) is 0 Å². The first kappa shape index (κ1) is 7.62. The minimum Gasteiger partial charge on any atom is -0.198 e. The Morgan fingerprint density at radius 3 is 1.33 bits per heavy atom. The van der Waals surface area contributed by atoms with Crippen LogP contribution in [0.4, 0.5) is 0 Å². The third kappa shape index (κ3) is 0.916. The van der Waals surface area contributed by atoms with Crippen molar-refractivity contribution in [3.05, 3.63) is 0 Å². The fraction of sp³-hybridized carbons (Fsp3) is 0.800. The average Bonchev–Trinajstić information content (AvgIpc) is 2.18. The first-order chi connectivity index (χ1) is 5.86. The zero-order valence-corrected chi connectivity index (χ0v) is 7.03. The minimum absolute atomic E-state index is 0.0440. The van der Waals surface area contributed by atoms with E-state index in [0.717, 1.165) is 0 Å². The Kier molecular flexibility index (Phi) is 1.77. The van der Waals surface area contributed by atoms with Crippen LogP contribution in [0.3, 0.4) is 0 Å². The average molecular weight is 160 g/mol. The predicted octanol–water partition coefficient (Wildman–Crippen LogP) is 2.09. The summed E-state index contributed by atoms with van der Waals surface area (Å²) < 4.78 is 0. The van der Waals surface area contributed by atoms with Gasteiger partial charge in [0.2, 0.25) is 0 Å². The maximum Gasteiger partial charge on any atom is 0.0672 e. The van der Waals surface area contributed by atoms with Crippen molar-refractivity contribution >= 4 is 0 Å². The molecular weight excluding hydrogens is 148 g/mol. The number of hydrogen-bond acceptors (Lipinski definition) is 2. The van der Waals surface area contributed by atoms with E-state index < -0.39 is 0 Å². The highest BCUT2D eigenvalue weighted by molar-refractivity contribution is 5.08. The van der Waals surface area contributed by atoms with Crippen molar-refractivity contribution in [2.45, 2.75) is 25.7 Å². The summed E-state index contributed by atoms with van der Waals surface area (Å²) in [5.74, 6) is 1.15. The topological polar surface area (TPSA) is 47.6 Å². The maximum atomic E-state index is 8.91. The summed E-state index contributed by atoms with van der Waals surface area (Å²) in [4.78, 5) is 0. The minimum atomic E-state index is 0.0440. The Bertz CT molecular complexity index is 222. The van der Waals surface area contributed by atoms with Crippen LogP contribution >= 0.6 is 0 Å². The molecule has 2 bridgehead atoms. The van der Waals surface area contributed by atoms with E-state index in [1.807, 2.05) is 0 Å². The second-order valence-electron chi connectivity index (χ2n) is 3.98. The summed E-state index contributed by atoms with van der Waals surface area (Å²) >= 11 is 0. The molecule has 3 saturated carbocycles. The van der Waals surface area contributed by atoms with Gasteiger partial charge in [0.25, 0.3) is 0 Å². The molecule has 0 N–H and O–H groups in total. The van der Waals surface area contributed by atoms with E-state index in [2.05, 4.69) is 12.1 Å². The Morgan fingerprint density at radius 2 is 1.08 bits per heavy atom. The van der Waals surface area contributed by atoms with Gasteiger partial charge < -0.3 is 0 Å². The third-order valence-corrected chi connectivity index (χ3v) is 3.52. The number of rotatable bonds is 0. The van der Waals surface area contributed by atoms with E-state index >= 15 is 0 Å². The van der Waals surface area contributed by atoms with Crippen LogP contribution in [0.15, 0.2) is 0 Å². The summed E-state index contributed by atoms with van der Waals surface area (Å²) in [6, 6.07) is 4.63. The van der Waals surface area contributed by atoms with Crippen LogP contribution in [0.1, 0.15) is 25.7 Å². The van der Waals surface area contributed by atoms with E-state index in [9.17, 15) is 0 Å². The van der Waals surface area contributed by atoms with Crippen molar-refractivity contribution < 1.29 is 0 Å². The van der Waals surface area contributed by atoms with Crippen molar-refractivity contribution in [2.75, 3.05) is 0 Å². The summed E-state index contributed by atoms with van der Waals surface area (Å²) in [7, 11) is 0. The van der Waals surface area contributed by atoms with Gasteiger partial charge in [-0.1, -0.05) is 0 Å². The molecule has 3 fully saturated rings. The molecule has 3 rings (SSSR count). The highest BCUT2D eigenvalue weighted by Gasteiger charge is 2.43. The van der Waals surface area contributed by atoms with Crippen molar-refractivity contribution in [1.82, 2.24) is 0 Å². The molecule has 0 spiro atoms. The van der Waals surface area contributed by atoms with Gasteiger partial charge in [-0.3, -0.25) is 0 Å². The molecule has 0 saturated heterocycles. The van der Waals surface area contributed by atoms with E-state index in [1.54, 1.807) is 0 Å². The van der Waals surface area contributed by atoms with Crippen LogP contribution in [-0.4, -0.2) is 0 Å². The Morgan fingerprint density at radius 1 is 0.750 bits per heavy atom. The zero-order chi connectivity index (χ0) is 8.55. The molecule has 0 aromatic rings. The summed E-state index contributed by atoms with van der Waals surface area (Å²) in [5.41, 5.74) is 0. The SMILES string of the molecule is N#CC1C2CCC(CC2)C1C#N. The van der Waals surface area contributed by atoms with Gasteiger partial charge in [0, 0.05) is 0 Å². The molecule has 0 aliphatic heterocycles. The maximum absolute atomic E-state index is 8.91. The molecule has 0 radical (unpaired) electrons. The Labute approximate surface area is 72.8 Å². The lowest BCUT2D eigenvalue weighted by Gasteiger charge is -2.42. The Hall–Kier alpha value is -1.02. The second kappa shape index (κ2) is 2.79. The van der Waals surface area contributed by atoms with Gasteiger partial charge in [0.15, 0.2) is 0 Å². The van der Waals surface area contributed by atoms with Crippen LogP contribution in [-0.2, 0) is 0 Å². The van der Waals surface area contributed by atoms with Crippen LogP contribution in [0.2, 0.25) is 0 Å². The first-order valence-electron chi connectivity index (χ1n) is 4.66. The molecule has 3 aliphatic rings. The lowest BCUT2D eigenvalue weighted by molar-refractivity contribution is 0.0875. The molecule has 0 aromatic carbocycles. The lowest BCUT2D eigenvalue weighted by Crippen LogP contribution is -2.38. The molecule has 2 heteroatoms. The van der Waals surface area contributed by atoms with Crippen LogP contribution < -0.4 is 0 Å². The molecule has 0 heterocycles. The summed E-state index contributed by atoms with van der Waals surface area (Å²) in [5, 5.41) is 17.8. The van der Waals surface area contributed by atoms with Gasteiger partial charge in [-0.15, -0.1) is 0 Å². The van der Waals surface area contributed by atoms with Gasteiger partial charge >= 0.3 is 0 Å². The molecule has 2 atom stereocenters. The molecule has 0 aromatic heterocycles. The monoisotopic (exact) mass is 160 g/mol. The van der Waals surface area contributed by atoms with Crippen molar-refractivity contribution in [1.29, 1.82) is 10.5 Å². The lowest BCUT2D eigenvalue weighted by atomic mass is 9.59. The van der Waals surface area contributed by atoms with E-state index in [0.29, 0.717) is 11.8 Å². The number of hydrogen-bond donors (Lipinski definition) is 0. The third-order valence-electron chi connectivity index (χ3n) is 3.52. The van der Waals surface area contributed by atoms with Crippen LogP contribution in [0.5, 0.6) is 0 Å². The van der Waals surface area contributed by atoms with Gasteiger partial charge in [0.05, 0.1) is 24.0 Å². The highest BCUT2D eigenvalue weighted by Crippen LogP contribution is 2.48. The normalized spacial score (nSPS) is 44.8. The number of nitrogens with zero attached hydrogens (tertiary/aromatic N) is 2. The van der Waals surface area contributed by atoms with Crippen LogP contribution in [0, 0.1) is 46.3 Å². The molecule has 2 unspecified atom stereocenters. The largest absolute Gasteiger partial charge is 0.198 e. The smallest absolute Gasteiger partial charge is 0.0672 e. The van der Waals surface area contributed by atoms with Gasteiger partial charge in [0.1, 0.15) is 0 Å². The number of nitriles is 2. The standard InChI is InChI=1S/C10H12N2/c11-5-9-7-1-2-8(4-3-7)10(9)6-12/h7-10H,1-4H2. The summed E-state index contributed by atoms with van der Waals surface area (Å²) in [6.07, 6.45) is 4.73. The van der Waals surface area contributed by atoms with Gasteiger partial charge in [-0.25, -0.2) is 0 Å². The Balaban J connectivity index is 2.23. The molecular formula is C10H12N2. The van der Waals surface area contributed by atoms with Crippen molar-refractivity contribution in [3.8, 4) is 12.1 Å². The first-order valence-corrected chi connectivity index (χ1v) is 4.66. The highest BCUT2D eigenvalue weighted by atomic mass is 14.5. The van der Waals surface area contributed by atoms with Crippen LogP contribution in [0.25, 0.3) is 0 Å². The quantitative estimate of drug-likeness (QED) is 0.544. The predicted molar refractivity (Wildman–Crippen MR) is 43.7 cm³/mol. The molecule has 2 nitrogen and oxygen atoms in total. The second-order valence-corrected chi connectivity index (χ2v) is 3.98.